The fourth-order valence-corrected chi connectivity index (χ4v) is 1.79. The summed E-state index contributed by atoms with van der Waals surface area (Å²) in [6.07, 6.45) is 0. The Morgan fingerprint density at radius 1 is 0.900 bits per heavy atom. The minimum absolute atomic E-state index is 0.0271. The van der Waals surface area contributed by atoms with Crippen molar-refractivity contribution in [3.8, 4) is 5.75 Å². The fourth-order valence-electron chi connectivity index (χ4n) is 1.79. The van der Waals surface area contributed by atoms with Crippen molar-refractivity contribution in [2.75, 3.05) is 7.11 Å². The molecule has 0 saturated heterocycles. The molecular formula is C14H10BF4O. The highest BCUT2D eigenvalue weighted by molar-refractivity contribution is 6.67. The first-order valence-electron chi connectivity index (χ1n) is 5.76. The molecule has 0 aliphatic carbocycles. The highest BCUT2D eigenvalue weighted by Crippen LogP contribution is 2.13. The van der Waals surface area contributed by atoms with Crippen LogP contribution in [0.5, 0.6) is 5.75 Å². The minimum atomic E-state index is -0.870. The van der Waals surface area contributed by atoms with Crippen molar-refractivity contribution in [2.24, 2.45) is 0 Å². The molecule has 103 valence electrons. The second-order valence-electron chi connectivity index (χ2n) is 4.25. The molecule has 1 nitrogen and oxygen atoms in total. The summed E-state index contributed by atoms with van der Waals surface area (Å²) >= 11 is 0. The normalized spacial score (nSPS) is 10.5. The van der Waals surface area contributed by atoms with Gasteiger partial charge in [0, 0.05) is 18.2 Å². The van der Waals surface area contributed by atoms with E-state index < -0.39 is 23.3 Å². The largest absolute Gasteiger partial charge is 0.497 e. The van der Waals surface area contributed by atoms with E-state index in [1.165, 1.54) is 14.0 Å². The topological polar surface area (TPSA) is 9.23 Å². The number of hydrogen-bond donors (Lipinski definition) is 0. The van der Waals surface area contributed by atoms with Crippen LogP contribution in [0.3, 0.4) is 0 Å². The lowest BCUT2D eigenvalue weighted by atomic mass is 9.62. The monoisotopic (exact) mass is 281 g/mol. The molecule has 0 fully saturated rings. The van der Waals surface area contributed by atoms with E-state index in [9.17, 15) is 17.6 Å². The molecule has 0 saturated carbocycles. The Balaban J connectivity index is 2.45. The lowest BCUT2D eigenvalue weighted by molar-refractivity contribution is 0.407. The van der Waals surface area contributed by atoms with Crippen LogP contribution in [0.25, 0.3) is 0 Å². The van der Waals surface area contributed by atoms with Gasteiger partial charge in [-0.3, -0.25) is 0 Å². The molecule has 0 aliphatic heterocycles. The Hall–Kier alpha value is -1.98. The maximum atomic E-state index is 13.8. The first kappa shape index (κ1) is 14.4. The summed E-state index contributed by atoms with van der Waals surface area (Å²) < 4.78 is 58.8. The molecule has 1 radical (unpaired) electrons. The maximum Gasteiger partial charge on any atom is 0.199 e. The third-order valence-electron chi connectivity index (χ3n) is 2.94. The van der Waals surface area contributed by atoms with Crippen molar-refractivity contribution in [3.05, 3.63) is 53.1 Å². The van der Waals surface area contributed by atoms with Gasteiger partial charge in [-0.05, 0) is 24.0 Å². The van der Waals surface area contributed by atoms with Crippen molar-refractivity contribution in [1.29, 1.82) is 0 Å². The van der Waals surface area contributed by atoms with E-state index in [-0.39, 0.29) is 22.2 Å². The molecular weight excluding hydrogens is 271 g/mol. The molecule has 2 aromatic rings. The highest BCUT2D eigenvalue weighted by atomic mass is 19.1. The second kappa shape index (κ2) is 5.57. The van der Waals surface area contributed by atoms with Crippen LogP contribution >= 0.6 is 0 Å². The van der Waals surface area contributed by atoms with Gasteiger partial charge in [0.15, 0.2) is 7.28 Å². The average Bonchev–Trinajstić information content (AvgIpc) is 2.38. The van der Waals surface area contributed by atoms with Gasteiger partial charge in [0.25, 0.3) is 0 Å². The minimum Gasteiger partial charge on any atom is -0.497 e. The molecule has 0 N–H and O–H groups in total. The predicted octanol–water partition coefficient (Wildman–Crippen LogP) is 2.22. The summed E-state index contributed by atoms with van der Waals surface area (Å²) in [6.45, 7) is 1.40. The molecule has 0 aliphatic rings. The lowest BCUT2D eigenvalue weighted by Gasteiger charge is -2.10. The first-order valence-corrected chi connectivity index (χ1v) is 5.76. The van der Waals surface area contributed by atoms with E-state index in [2.05, 4.69) is 0 Å². The first-order chi connectivity index (χ1) is 9.42. The number of methoxy groups -OCH3 is 1. The second-order valence-corrected chi connectivity index (χ2v) is 4.25. The molecule has 20 heavy (non-hydrogen) atoms. The van der Waals surface area contributed by atoms with Gasteiger partial charge in [0.05, 0.1) is 7.11 Å². The van der Waals surface area contributed by atoms with Crippen LogP contribution in [-0.2, 0) is 0 Å². The summed E-state index contributed by atoms with van der Waals surface area (Å²) in [5, 5.41) is 0. The van der Waals surface area contributed by atoms with Crippen LogP contribution in [0.2, 0.25) is 0 Å². The van der Waals surface area contributed by atoms with Crippen molar-refractivity contribution in [2.45, 2.75) is 6.92 Å². The summed E-state index contributed by atoms with van der Waals surface area (Å²) in [5.74, 6) is -3.30. The van der Waals surface area contributed by atoms with Crippen molar-refractivity contribution in [1.82, 2.24) is 0 Å². The number of halogens is 4. The number of benzene rings is 2. The van der Waals surface area contributed by atoms with E-state index in [4.69, 9.17) is 4.74 Å². The van der Waals surface area contributed by atoms with E-state index in [1.54, 1.807) is 0 Å². The van der Waals surface area contributed by atoms with Crippen molar-refractivity contribution in [3.63, 3.8) is 0 Å². The Kier molecular flexibility index (Phi) is 4.02. The summed E-state index contributed by atoms with van der Waals surface area (Å²) in [6, 6.07) is 3.73. The quantitative estimate of drug-likeness (QED) is 0.619. The standard InChI is InChI=1S/C14H10BF4O/c1-7-10(3-8(16)4-11(7)17)15-14-12(18)5-9(20-2)6-13(14)19/h3-6H,1-2H3. The van der Waals surface area contributed by atoms with Gasteiger partial charge in [0.2, 0.25) is 0 Å². The van der Waals surface area contributed by atoms with Crippen LogP contribution in [0.15, 0.2) is 24.3 Å². The Morgan fingerprint density at radius 2 is 1.50 bits per heavy atom. The van der Waals surface area contributed by atoms with E-state index in [0.717, 1.165) is 25.5 Å². The van der Waals surface area contributed by atoms with Gasteiger partial charge >= 0.3 is 0 Å². The molecule has 0 spiro atoms. The Bertz CT molecular complexity index is 635. The highest BCUT2D eigenvalue weighted by Gasteiger charge is 2.16. The van der Waals surface area contributed by atoms with Gasteiger partial charge in [-0.1, -0.05) is 5.46 Å². The van der Waals surface area contributed by atoms with E-state index >= 15 is 0 Å². The van der Waals surface area contributed by atoms with E-state index in [1.807, 2.05) is 0 Å². The molecule has 0 bridgehead atoms. The zero-order chi connectivity index (χ0) is 14.9. The van der Waals surface area contributed by atoms with Gasteiger partial charge in [-0.15, -0.1) is 0 Å². The van der Waals surface area contributed by atoms with Crippen LogP contribution in [0.1, 0.15) is 5.56 Å². The third-order valence-corrected chi connectivity index (χ3v) is 2.94. The number of ether oxygens (including phenoxy) is 1. The number of rotatable bonds is 3. The van der Waals surface area contributed by atoms with Gasteiger partial charge < -0.3 is 4.74 Å². The summed E-state index contributed by atoms with van der Waals surface area (Å²) in [5.41, 5.74) is -0.189. The molecule has 0 aromatic heterocycles. The van der Waals surface area contributed by atoms with Crippen LogP contribution in [0.4, 0.5) is 17.6 Å². The Morgan fingerprint density at radius 3 is 2.05 bits per heavy atom. The molecule has 2 aromatic carbocycles. The molecule has 0 atom stereocenters. The van der Waals surface area contributed by atoms with Gasteiger partial charge in [0.1, 0.15) is 29.0 Å². The van der Waals surface area contributed by atoms with Crippen molar-refractivity contribution < 1.29 is 22.3 Å². The molecule has 0 heterocycles. The molecule has 2 rings (SSSR count). The van der Waals surface area contributed by atoms with Crippen LogP contribution in [-0.4, -0.2) is 14.4 Å². The predicted molar refractivity (Wildman–Crippen MR) is 69.0 cm³/mol. The smallest absolute Gasteiger partial charge is 0.199 e. The van der Waals surface area contributed by atoms with Crippen LogP contribution in [0, 0.1) is 30.2 Å². The average molecular weight is 281 g/mol. The van der Waals surface area contributed by atoms with Gasteiger partial charge in [-0.2, -0.15) is 0 Å². The van der Waals surface area contributed by atoms with E-state index in [0.29, 0.717) is 6.07 Å². The molecule has 0 amide bonds. The molecule has 0 unspecified atom stereocenters. The zero-order valence-corrected chi connectivity index (χ0v) is 10.8. The van der Waals surface area contributed by atoms with Gasteiger partial charge in [-0.25, -0.2) is 17.6 Å². The maximum absolute atomic E-state index is 13.8. The SMILES string of the molecule is COc1cc(F)c([B]c2cc(F)cc(F)c2C)c(F)c1. The zero-order valence-electron chi connectivity index (χ0n) is 10.8. The third kappa shape index (κ3) is 2.79. The summed E-state index contributed by atoms with van der Waals surface area (Å²) in [4.78, 5) is 0. The lowest BCUT2D eigenvalue weighted by Crippen LogP contribution is -2.34. The van der Waals surface area contributed by atoms with Crippen molar-refractivity contribution >= 4 is 18.2 Å². The Labute approximate surface area is 114 Å². The summed E-state index contributed by atoms with van der Waals surface area (Å²) in [7, 11) is 2.34. The molecule has 6 heteroatoms. The number of hydrogen-bond acceptors (Lipinski definition) is 1. The van der Waals surface area contributed by atoms with Crippen LogP contribution < -0.4 is 15.7 Å². The fraction of sp³-hybridized carbons (Fsp3) is 0.143.